The molecule has 12 rings (SSSR count). The quantitative estimate of drug-likeness (QED) is 0.178. The lowest BCUT2D eigenvalue weighted by Crippen LogP contribution is -2.15. The van der Waals surface area contributed by atoms with Crippen molar-refractivity contribution in [2.24, 2.45) is 0 Å². The Kier molecular flexibility index (Phi) is 6.34. The van der Waals surface area contributed by atoms with E-state index in [4.69, 9.17) is 0 Å². The van der Waals surface area contributed by atoms with Crippen LogP contribution in [0.4, 0.5) is 17.1 Å². The van der Waals surface area contributed by atoms with Crippen molar-refractivity contribution >= 4 is 71.4 Å². The first-order chi connectivity index (χ1) is 27.3. The van der Waals surface area contributed by atoms with Gasteiger partial charge >= 0.3 is 0 Å². The van der Waals surface area contributed by atoms with E-state index in [1.807, 2.05) is 0 Å². The molecular formula is C52H33N3. The summed E-state index contributed by atoms with van der Waals surface area (Å²) in [6, 6.07) is 73.3. The number of benzene rings is 9. The normalized spacial score (nSPS) is 12.3. The molecule has 3 heterocycles. The molecular weight excluding hydrogens is 667 g/mol. The Morgan fingerprint density at radius 1 is 0.291 bits per heavy atom. The van der Waals surface area contributed by atoms with Crippen molar-refractivity contribution < 1.29 is 0 Å². The topological polar surface area (TPSA) is 13.1 Å². The highest BCUT2D eigenvalue weighted by Crippen LogP contribution is 2.53. The van der Waals surface area contributed by atoms with Gasteiger partial charge in [-0.2, -0.15) is 0 Å². The van der Waals surface area contributed by atoms with Gasteiger partial charge < -0.3 is 14.0 Å². The zero-order valence-corrected chi connectivity index (χ0v) is 29.9. The van der Waals surface area contributed by atoms with Gasteiger partial charge in [0.2, 0.25) is 0 Å². The molecule has 0 fully saturated rings. The molecule has 11 aromatic rings. The number of hydrogen-bond donors (Lipinski definition) is 0. The fourth-order valence-corrected chi connectivity index (χ4v) is 9.23. The number of hydrogen-bond acceptors (Lipinski definition) is 1. The molecule has 0 saturated heterocycles. The van der Waals surface area contributed by atoms with Crippen LogP contribution in [0.1, 0.15) is 0 Å². The maximum absolute atomic E-state index is 2.49. The van der Waals surface area contributed by atoms with E-state index >= 15 is 0 Å². The van der Waals surface area contributed by atoms with E-state index < -0.39 is 0 Å². The molecule has 0 unspecified atom stereocenters. The molecule has 55 heavy (non-hydrogen) atoms. The Hall–Kier alpha value is -7.36. The van der Waals surface area contributed by atoms with E-state index in [1.165, 1.54) is 93.7 Å². The Bertz CT molecular complexity index is 3310. The van der Waals surface area contributed by atoms with Crippen molar-refractivity contribution in [1.29, 1.82) is 0 Å². The van der Waals surface area contributed by atoms with Crippen LogP contribution in [0.2, 0.25) is 0 Å². The number of rotatable bonds is 4. The number of nitrogens with zero attached hydrogens (tertiary/aromatic N) is 3. The first kappa shape index (κ1) is 30.1. The van der Waals surface area contributed by atoms with Crippen molar-refractivity contribution in [2.45, 2.75) is 0 Å². The number of aromatic nitrogens is 2. The van der Waals surface area contributed by atoms with E-state index in [0.29, 0.717) is 0 Å². The first-order valence-electron chi connectivity index (χ1n) is 18.9. The molecule has 0 bridgehead atoms. The minimum absolute atomic E-state index is 1.13. The highest BCUT2D eigenvalue weighted by molar-refractivity contribution is 6.19. The molecule has 1 aliphatic rings. The van der Waals surface area contributed by atoms with Gasteiger partial charge in [-0.05, 0) is 101 Å². The second-order valence-electron chi connectivity index (χ2n) is 14.6. The van der Waals surface area contributed by atoms with E-state index in [9.17, 15) is 0 Å². The smallest absolute Gasteiger partial charge is 0.0562 e. The van der Waals surface area contributed by atoms with Crippen LogP contribution in [0.25, 0.3) is 88.0 Å². The average molecular weight is 700 g/mol. The van der Waals surface area contributed by atoms with Crippen LogP contribution in [0.15, 0.2) is 200 Å². The highest BCUT2D eigenvalue weighted by atomic mass is 15.2. The number of anilines is 3. The number of fused-ring (bicyclic) bond motifs is 8. The van der Waals surface area contributed by atoms with Gasteiger partial charge in [0.15, 0.2) is 0 Å². The molecule has 3 heteroatoms. The zero-order valence-electron chi connectivity index (χ0n) is 29.9. The third-order valence-corrected chi connectivity index (χ3v) is 11.6. The summed E-state index contributed by atoms with van der Waals surface area (Å²) in [5.74, 6) is 0. The summed E-state index contributed by atoms with van der Waals surface area (Å²) in [4.78, 5) is 2.49. The van der Waals surface area contributed by atoms with Crippen molar-refractivity contribution in [3.63, 3.8) is 0 Å². The summed E-state index contributed by atoms with van der Waals surface area (Å²) >= 11 is 0. The van der Waals surface area contributed by atoms with Gasteiger partial charge in [0.1, 0.15) is 0 Å². The van der Waals surface area contributed by atoms with Crippen molar-refractivity contribution in [3.05, 3.63) is 200 Å². The van der Waals surface area contributed by atoms with Gasteiger partial charge in [-0.1, -0.05) is 121 Å². The lowest BCUT2D eigenvalue weighted by atomic mass is 9.89. The van der Waals surface area contributed by atoms with E-state index in [1.54, 1.807) is 0 Å². The summed E-state index contributed by atoms with van der Waals surface area (Å²) in [5, 5.41) is 7.54. The molecule has 0 aliphatic carbocycles. The minimum Gasteiger partial charge on any atom is -0.309 e. The van der Waals surface area contributed by atoms with Gasteiger partial charge in [0, 0.05) is 49.6 Å². The van der Waals surface area contributed by atoms with Gasteiger partial charge in [-0.15, -0.1) is 0 Å². The molecule has 0 N–H and O–H groups in total. The van der Waals surface area contributed by atoms with Crippen LogP contribution in [-0.2, 0) is 0 Å². The standard InChI is InChI=1S/C52H33N3/c1-3-17-37(18-4-1)53-46-25-9-7-22-40(46)43-31-36(28-29-48(43)53)35-16-11-21-39(30-35)55-49-27-13-15-34-14-12-24-42(52(34)49)45-32-44-41-23-8-10-26-47(41)54(50(44)33-51(45)55)38-19-5-2-6-20-38/h1-33H. The summed E-state index contributed by atoms with van der Waals surface area (Å²) in [5.41, 5.74) is 15.5. The third-order valence-electron chi connectivity index (χ3n) is 11.6. The van der Waals surface area contributed by atoms with Gasteiger partial charge in [-0.25, -0.2) is 0 Å². The second-order valence-corrected chi connectivity index (χ2v) is 14.6. The molecule has 1 aliphatic heterocycles. The maximum atomic E-state index is 2.49. The van der Waals surface area contributed by atoms with Crippen molar-refractivity contribution in [1.82, 2.24) is 9.13 Å². The molecule has 0 saturated carbocycles. The number of para-hydroxylation sites is 4. The predicted octanol–water partition coefficient (Wildman–Crippen LogP) is 14.2. The van der Waals surface area contributed by atoms with Gasteiger partial charge in [-0.3, -0.25) is 0 Å². The van der Waals surface area contributed by atoms with Gasteiger partial charge in [0.05, 0.1) is 33.4 Å². The van der Waals surface area contributed by atoms with E-state index in [0.717, 1.165) is 11.4 Å². The monoisotopic (exact) mass is 699 g/mol. The largest absolute Gasteiger partial charge is 0.309 e. The van der Waals surface area contributed by atoms with Crippen molar-refractivity contribution in [2.75, 3.05) is 4.90 Å². The first-order valence-corrected chi connectivity index (χ1v) is 18.9. The lowest BCUT2D eigenvalue weighted by molar-refractivity contribution is 1.18. The zero-order chi connectivity index (χ0) is 36.0. The van der Waals surface area contributed by atoms with Crippen LogP contribution in [0.3, 0.4) is 0 Å². The molecule has 256 valence electrons. The summed E-state index contributed by atoms with van der Waals surface area (Å²) in [7, 11) is 0. The maximum Gasteiger partial charge on any atom is 0.0562 e. The Morgan fingerprint density at radius 3 is 1.58 bits per heavy atom. The fraction of sp³-hybridized carbons (Fsp3) is 0. The molecule has 9 aromatic carbocycles. The SMILES string of the molecule is c1ccc(-n2c3ccccc3c3cc(-c4cccc(N5c6cc7c(cc6-c6cccc8cccc5c68)c5ccccc5n7-c5ccccc5)c4)ccc32)cc1. The average Bonchev–Trinajstić information content (AvgIpc) is 3.76. The van der Waals surface area contributed by atoms with E-state index in [-0.39, 0.29) is 0 Å². The van der Waals surface area contributed by atoms with E-state index in [2.05, 4.69) is 214 Å². The lowest BCUT2D eigenvalue weighted by Gasteiger charge is -2.34. The van der Waals surface area contributed by atoms with Crippen LogP contribution < -0.4 is 4.90 Å². The van der Waals surface area contributed by atoms with Gasteiger partial charge in [0.25, 0.3) is 0 Å². The Balaban J connectivity index is 1.09. The molecule has 0 radical (unpaired) electrons. The molecule has 0 atom stereocenters. The third kappa shape index (κ3) is 4.38. The molecule has 0 spiro atoms. The van der Waals surface area contributed by atoms with Crippen molar-refractivity contribution in [3.8, 4) is 33.6 Å². The Morgan fingerprint density at radius 2 is 0.855 bits per heavy atom. The second kappa shape index (κ2) is 11.6. The molecule has 3 nitrogen and oxygen atoms in total. The minimum atomic E-state index is 1.13. The van der Waals surface area contributed by atoms with Crippen LogP contribution in [-0.4, -0.2) is 9.13 Å². The molecule has 2 aromatic heterocycles. The fourth-order valence-electron chi connectivity index (χ4n) is 9.23. The van der Waals surface area contributed by atoms with Crippen LogP contribution in [0.5, 0.6) is 0 Å². The summed E-state index contributed by atoms with van der Waals surface area (Å²) < 4.78 is 4.80. The Labute approximate surface area is 318 Å². The predicted molar refractivity (Wildman–Crippen MR) is 232 cm³/mol. The summed E-state index contributed by atoms with van der Waals surface area (Å²) in [6.07, 6.45) is 0. The van der Waals surface area contributed by atoms with Crippen LogP contribution >= 0.6 is 0 Å². The summed E-state index contributed by atoms with van der Waals surface area (Å²) in [6.45, 7) is 0. The molecule has 0 amide bonds. The van der Waals surface area contributed by atoms with Crippen LogP contribution in [0, 0.1) is 0 Å². The highest BCUT2D eigenvalue weighted by Gasteiger charge is 2.28.